The normalized spacial score (nSPS) is 15.6. The molecule has 1 rings (SSSR count). The lowest BCUT2D eigenvalue weighted by molar-refractivity contribution is 0.129. The predicted molar refractivity (Wildman–Crippen MR) is 57.6 cm³/mol. The monoisotopic (exact) mass is 212 g/mol. The summed E-state index contributed by atoms with van der Waals surface area (Å²) in [5.41, 5.74) is 0. The molecular weight excluding hydrogens is 192 g/mol. The molecule has 4 nitrogen and oxygen atoms in total. The minimum Gasteiger partial charge on any atom is -0.392 e. The summed E-state index contributed by atoms with van der Waals surface area (Å²) < 4.78 is 5.13. The Kier molecular flexibility index (Phi) is 4.27. The maximum absolute atomic E-state index is 9.64. The molecule has 2 unspecified atom stereocenters. The van der Waals surface area contributed by atoms with Gasteiger partial charge in [-0.3, -0.25) is 0 Å². The first-order chi connectivity index (χ1) is 7.04. The van der Waals surface area contributed by atoms with Crippen LogP contribution < -0.4 is 0 Å². The molecule has 0 spiro atoms. The summed E-state index contributed by atoms with van der Waals surface area (Å²) in [4.78, 5) is 4.28. The van der Waals surface area contributed by atoms with Crippen molar-refractivity contribution in [1.29, 1.82) is 0 Å². The van der Waals surface area contributed by atoms with Crippen molar-refractivity contribution in [2.45, 2.75) is 52.6 Å². The third-order valence-corrected chi connectivity index (χ3v) is 2.46. The van der Waals surface area contributed by atoms with E-state index in [1.807, 2.05) is 13.8 Å². The van der Waals surface area contributed by atoms with Gasteiger partial charge in [-0.25, -0.2) is 0 Å². The van der Waals surface area contributed by atoms with E-state index in [1.54, 1.807) is 0 Å². The van der Waals surface area contributed by atoms with Crippen LogP contribution in [-0.4, -0.2) is 21.4 Å². The zero-order valence-electron chi connectivity index (χ0n) is 9.90. The average Bonchev–Trinajstić information content (AvgIpc) is 2.63. The van der Waals surface area contributed by atoms with E-state index in [-0.39, 0.29) is 5.92 Å². The average molecular weight is 212 g/mol. The smallest absolute Gasteiger partial charge is 0.232 e. The van der Waals surface area contributed by atoms with Crippen LogP contribution in [0.2, 0.25) is 0 Å². The maximum atomic E-state index is 9.64. The van der Waals surface area contributed by atoms with Crippen molar-refractivity contribution in [3.63, 3.8) is 0 Å². The van der Waals surface area contributed by atoms with Crippen molar-refractivity contribution in [3.05, 3.63) is 11.7 Å². The van der Waals surface area contributed by atoms with Crippen LogP contribution in [0.3, 0.4) is 0 Å². The molecule has 0 aliphatic carbocycles. The molecule has 1 aromatic heterocycles. The van der Waals surface area contributed by atoms with E-state index in [4.69, 9.17) is 4.52 Å². The third kappa shape index (κ3) is 3.30. The van der Waals surface area contributed by atoms with E-state index in [9.17, 15) is 5.11 Å². The molecule has 1 N–H and O–H groups in total. The Balaban J connectivity index is 2.66. The van der Waals surface area contributed by atoms with Gasteiger partial charge in [-0.2, -0.15) is 4.98 Å². The third-order valence-electron chi connectivity index (χ3n) is 2.46. The van der Waals surface area contributed by atoms with Crippen molar-refractivity contribution in [1.82, 2.24) is 10.1 Å². The summed E-state index contributed by atoms with van der Waals surface area (Å²) in [6.07, 6.45) is 1.11. The fraction of sp³-hybridized carbons (Fsp3) is 0.818. The Morgan fingerprint density at radius 1 is 1.33 bits per heavy atom. The SMILES string of the molecule is CCC(O)C(C)c1nc(CC(C)C)no1. The van der Waals surface area contributed by atoms with Gasteiger partial charge >= 0.3 is 0 Å². The molecule has 0 fully saturated rings. The van der Waals surface area contributed by atoms with Crippen LogP contribution in [0.1, 0.15) is 51.7 Å². The fourth-order valence-corrected chi connectivity index (χ4v) is 1.42. The van der Waals surface area contributed by atoms with Gasteiger partial charge in [-0.1, -0.05) is 32.9 Å². The first-order valence-corrected chi connectivity index (χ1v) is 5.55. The number of rotatable bonds is 5. The topological polar surface area (TPSA) is 59.2 Å². The minimum atomic E-state index is -0.405. The van der Waals surface area contributed by atoms with E-state index in [1.165, 1.54) is 0 Å². The van der Waals surface area contributed by atoms with Gasteiger partial charge in [-0.15, -0.1) is 0 Å². The highest BCUT2D eigenvalue weighted by Gasteiger charge is 2.20. The van der Waals surface area contributed by atoms with Crippen molar-refractivity contribution in [2.75, 3.05) is 0 Å². The van der Waals surface area contributed by atoms with Crippen LogP contribution in [0.15, 0.2) is 4.52 Å². The largest absolute Gasteiger partial charge is 0.392 e. The van der Waals surface area contributed by atoms with Gasteiger partial charge in [0.1, 0.15) is 0 Å². The van der Waals surface area contributed by atoms with Crippen LogP contribution in [0.5, 0.6) is 0 Å². The van der Waals surface area contributed by atoms with E-state index in [2.05, 4.69) is 24.0 Å². The Labute approximate surface area is 90.7 Å². The van der Waals surface area contributed by atoms with E-state index < -0.39 is 6.10 Å². The van der Waals surface area contributed by atoms with Crippen LogP contribution in [-0.2, 0) is 6.42 Å². The Bertz CT molecular complexity index is 297. The van der Waals surface area contributed by atoms with Gasteiger partial charge in [0.2, 0.25) is 5.89 Å². The highest BCUT2D eigenvalue weighted by Crippen LogP contribution is 2.19. The highest BCUT2D eigenvalue weighted by molar-refractivity contribution is 4.95. The molecular formula is C11H20N2O2. The standard InChI is InChI=1S/C11H20N2O2/c1-5-9(14)8(4)11-12-10(13-15-11)6-7(2)3/h7-9,14H,5-6H2,1-4H3. The van der Waals surface area contributed by atoms with E-state index in [0.29, 0.717) is 18.2 Å². The number of aromatic nitrogens is 2. The highest BCUT2D eigenvalue weighted by atomic mass is 16.5. The van der Waals surface area contributed by atoms with Crippen LogP contribution in [0.25, 0.3) is 0 Å². The lowest BCUT2D eigenvalue weighted by Gasteiger charge is -2.11. The lowest BCUT2D eigenvalue weighted by Crippen LogP contribution is -2.14. The summed E-state index contributed by atoms with van der Waals surface area (Å²) in [5, 5.41) is 13.5. The Morgan fingerprint density at radius 2 is 2.00 bits per heavy atom. The molecule has 2 atom stereocenters. The molecule has 1 heterocycles. The molecule has 0 saturated carbocycles. The lowest BCUT2D eigenvalue weighted by atomic mass is 10.0. The molecule has 0 aliphatic heterocycles. The molecule has 1 aromatic rings. The van der Waals surface area contributed by atoms with Gasteiger partial charge in [0.25, 0.3) is 0 Å². The number of hydrogen-bond acceptors (Lipinski definition) is 4. The van der Waals surface area contributed by atoms with Crippen molar-refractivity contribution in [3.8, 4) is 0 Å². The van der Waals surface area contributed by atoms with Gasteiger partial charge < -0.3 is 9.63 Å². The summed E-state index contributed by atoms with van der Waals surface area (Å²) >= 11 is 0. The van der Waals surface area contributed by atoms with Crippen molar-refractivity contribution < 1.29 is 9.63 Å². The van der Waals surface area contributed by atoms with Crippen molar-refractivity contribution in [2.24, 2.45) is 5.92 Å². The summed E-state index contributed by atoms with van der Waals surface area (Å²) in [5.74, 6) is 1.71. The quantitative estimate of drug-likeness (QED) is 0.812. The summed E-state index contributed by atoms with van der Waals surface area (Å²) in [7, 11) is 0. The Hall–Kier alpha value is -0.900. The molecule has 0 radical (unpaired) electrons. The van der Waals surface area contributed by atoms with Crippen LogP contribution in [0, 0.1) is 5.92 Å². The number of nitrogens with zero attached hydrogens (tertiary/aromatic N) is 2. The number of aliphatic hydroxyl groups excluding tert-OH is 1. The molecule has 0 aromatic carbocycles. The molecule has 15 heavy (non-hydrogen) atoms. The second-order valence-electron chi connectivity index (χ2n) is 4.41. The fourth-order valence-electron chi connectivity index (χ4n) is 1.42. The van der Waals surface area contributed by atoms with Gasteiger partial charge in [0.05, 0.1) is 12.0 Å². The van der Waals surface area contributed by atoms with Crippen molar-refractivity contribution >= 4 is 0 Å². The number of hydrogen-bond donors (Lipinski definition) is 1. The van der Waals surface area contributed by atoms with E-state index >= 15 is 0 Å². The zero-order chi connectivity index (χ0) is 11.4. The predicted octanol–water partition coefficient (Wildman–Crippen LogP) is 2.14. The second-order valence-corrected chi connectivity index (χ2v) is 4.41. The maximum Gasteiger partial charge on any atom is 0.232 e. The molecule has 0 aliphatic rings. The first kappa shape index (κ1) is 12.2. The first-order valence-electron chi connectivity index (χ1n) is 5.55. The second kappa shape index (κ2) is 5.26. The molecule has 86 valence electrons. The van der Waals surface area contributed by atoms with E-state index in [0.717, 1.165) is 12.2 Å². The Morgan fingerprint density at radius 3 is 2.53 bits per heavy atom. The molecule has 4 heteroatoms. The number of aliphatic hydroxyl groups is 1. The summed E-state index contributed by atoms with van der Waals surface area (Å²) in [6, 6.07) is 0. The zero-order valence-corrected chi connectivity index (χ0v) is 9.90. The molecule has 0 saturated heterocycles. The van der Waals surface area contributed by atoms with Crippen LogP contribution in [0.4, 0.5) is 0 Å². The molecule has 0 bridgehead atoms. The molecule has 0 amide bonds. The van der Waals surface area contributed by atoms with Gasteiger partial charge in [-0.05, 0) is 12.3 Å². The van der Waals surface area contributed by atoms with Gasteiger partial charge in [0.15, 0.2) is 5.82 Å². The minimum absolute atomic E-state index is 0.0802. The van der Waals surface area contributed by atoms with Gasteiger partial charge in [0, 0.05) is 6.42 Å². The summed E-state index contributed by atoms with van der Waals surface area (Å²) in [6.45, 7) is 8.06. The van der Waals surface area contributed by atoms with Crippen LogP contribution >= 0.6 is 0 Å².